The molecule has 1 atom stereocenters. The van der Waals surface area contributed by atoms with Gasteiger partial charge < -0.3 is 14.2 Å². The van der Waals surface area contributed by atoms with Crippen LogP contribution >= 0.6 is 0 Å². The minimum atomic E-state index is 0.286. The quantitative estimate of drug-likeness (QED) is 0.515. The number of epoxide rings is 1. The minimum absolute atomic E-state index is 0.286. The average Bonchev–Trinajstić information content (AvgIpc) is 3.41. The molecule has 5 nitrogen and oxygen atoms in total. The van der Waals surface area contributed by atoms with E-state index in [0.29, 0.717) is 26.4 Å². The fourth-order valence-electron chi connectivity index (χ4n) is 2.55. The third-order valence-electron chi connectivity index (χ3n) is 4.13. The smallest absolute Gasteiger partial charge is 0.104 e. The highest BCUT2D eigenvalue weighted by Gasteiger charge is 2.23. The Hall–Kier alpha value is -1.04. The highest BCUT2D eigenvalue weighted by molar-refractivity contribution is 5.21. The highest BCUT2D eigenvalue weighted by atomic mass is 16.6. The molecule has 1 aromatic heterocycles. The summed E-state index contributed by atoms with van der Waals surface area (Å²) in [5.74, 6) is 0. The van der Waals surface area contributed by atoms with E-state index in [4.69, 9.17) is 24.2 Å². The Labute approximate surface area is 146 Å². The fourth-order valence-corrected chi connectivity index (χ4v) is 2.55. The summed E-state index contributed by atoms with van der Waals surface area (Å²) in [5, 5.41) is 0. The van der Waals surface area contributed by atoms with Gasteiger partial charge in [0.25, 0.3) is 0 Å². The molecular formula is C19H32N2O3. The van der Waals surface area contributed by atoms with Crippen molar-refractivity contribution in [2.75, 3.05) is 19.8 Å². The Bertz CT molecular complexity index is 490. The second-order valence-corrected chi connectivity index (χ2v) is 6.33. The lowest BCUT2D eigenvalue weighted by atomic mass is 10.1. The van der Waals surface area contributed by atoms with Gasteiger partial charge in [-0.15, -0.1) is 0 Å². The van der Waals surface area contributed by atoms with Gasteiger partial charge in [-0.05, 0) is 32.6 Å². The Balaban J connectivity index is 2.14. The predicted octanol–water partition coefficient (Wildman–Crippen LogP) is 3.61. The van der Waals surface area contributed by atoms with Crippen molar-refractivity contribution < 1.29 is 14.2 Å². The molecule has 136 valence electrons. The van der Waals surface area contributed by atoms with Gasteiger partial charge in [-0.25, -0.2) is 0 Å². The largest absolute Gasteiger partial charge is 0.375 e. The molecule has 1 unspecified atom stereocenters. The summed E-state index contributed by atoms with van der Waals surface area (Å²) >= 11 is 0. The number of hydrogen-bond acceptors (Lipinski definition) is 5. The topological polar surface area (TPSA) is 56.8 Å². The van der Waals surface area contributed by atoms with E-state index >= 15 is 0 Å². The van der Waals surface area contributed by atoms with Crippen LogP contribution in [-0.2, 0) is 40.3 Å². The zero-order chi connectivity index (χ0) is 17.2. The molecule has 0 bridgehead atoms. The Kier molecular flexibility index (Phi) is 8.64. The van der Waals surface area contributed by atoms with Crippen LogP contribution in [0, 0.1) is 0 Å². The van der Waals surface area contributed by atoms with Crippen LogP contribution in [0.15, 0.2) is 0 Å². The Morgan fingerprint density at radius 3 is 1.88 bits per heavy atom. The zero-order valence-electron chi connectivity index (χ0n) is 15.5. The average molecular weight is 336 g/mol. The fraction of sp³-hybridized carbons (Fsp3) is 0.789. The van der Waals surface area contributed by atoms with E-state index in [-0.39, 0.29) is 6.10 Å². The molecule has 0 saturated carbocycles. The maximum Gasteiger partial charge on any atom is 0.104 e. The number of ether oxygens (including phenoxy) is 3. The summed E-state index contributed by atoms with van der Waals surface area (Å²) in [7, 11) is 0. The molecule has 5 heteroatoms. The molecule has 24 heavy (non-hydrogen) atoms. The summed E-state index contributed by atoms with van der Waals surface area (Å²) in [5.41, 5.74) is 4.15. The molecule has 1 aromatic rings. The first-order chi connectivity index (χ1) is 11.8. The highest BCUT2D eigenvalue weighted by Crippen LogP contribution is 2.17. The molecule has 0 aromatic carbocycles. The molecule has 1 aliphatic rings. The van der Waals surface area contributed by atoms with Crippen LogP contribution in [0.4, 0.5) is 0 Å². The van der Waals surface area contributed by atoms with Crippen molar-refractivity contribution in [2.24, 2.45) is 0 Å². The lowest BCUT2D eigenvalue weighted by molar-refractivity contribution is 0.100. The molecule has 0 spiro atoms. The number of rotatable bonds is 13. The summed E-state index contributed by atoms with van der Waals surface area (Å²) in [4.78, 5) is 9.84. The van der Waals surface area contributed by atoms with E-state index < -0.39 is 0 Å². The summed E-state index contributed by atoms with van der Waals surface area (Å²) in [6.45, 7) is 9.67. The van der Waals surface area contributed by atoms with E-state index in [2.05, 4.69) is 13.8 Å². The summed E-state index contributed by atoms with van der Waals surface area (Å²) in [6, 6.07) is 0. The van der Waals surface area contributed by atoms with Gasteiger partial charge in [-0.2, -0.15) is 0 Å². The van der Waals surface area contributed by atoms with Gasteiger partial charge in [0.15, 0.2) is 0 Å². The third-order valence-corrected chi connectivity index (χ3v) is 4.13. The number of hydrogen-bond donors (Lipinski definition) is 0. The summed E-state index contributed by atoms with van der Waals surface area (Å²) < 4.78 is 16.6. The normalized spacial score (nSPS) is 16.5. The maximum atomic E-state index is 5.79. The second-order valence-electron chi connectivity index (χ2n) is 6.33. The third kappa shape index (κ3) is 6.46. The van der Waals surface area contributed by atoms with Gasteiger partial charge in [0.1, 0.15) is 6.10 Å². The Morgan fingerprint density at radius 2 is 1.42 bits per heavy atom. The van der Waals surface area contributed by atoms with Crippen molar-refractivity contribution >= 4 is 0 Å². The monoisotopic (exact) mass is 336 g/mol. The molecule has 0 radical (unpaired) electrons. The van der Waals surface area contributed by atoms with Crippen molar-refractivity contribution in [3.63, 3.8) is 0 Å². The molecular weight excluding hydrogens is 304 g/mol. The lowest BCUT2D eigenvalue weighted by Gasteiger charge is -2.15. The van der Waals surface area contributed by atoms with Crippen LogP contribution < -0.4 is 0 Å². The van der Waals surface area contributed by atoms with Crippen molar-refractivity contribution in [3.05, 3.63) is 22.8 Å². The van der Waals surface area contributed by atoms with Gasteiger partial charge in [0.2, 0.25) is 0 Å². The van der Waals surface area contributed by atoms with Gasteiger partial charge in [0.05, 0.1) is 49.2 Å². The first-order valence-electron chi connectivity index (χ1n) is 9.43. The standard InChI is InChI=1S/C19H32N2O3/c1-4-7-9-16-18(13-22-6-3)20-17(10-8-5-2)19(21-16)14-23-11-15-12-24-15/h15H,4-14H2,1-3H3. The maximum absolute atomic E-state index is 5.79. The van der Waals surface area contributed by atoms with Gasteiger partial charge in [-0.1, -0.05) is 26.7 Å². The van der Waals surface area contributed by atoms with Crippen molar-refractivity contribution in [3.8, 4) is 0 Å². The van der Waals surface area contributed by atoms with Gasteiger partial charge >= 0.3 is 0 Å². The Morgan fingerprint density at radius 1 is 0.875 bits per heavy atom. The van der Waals surface area contributed by atoms with E-state index in [9.17, 15) is 0 Å². The molecule has 2 rings (SSSR count). The lowest BCUT2D eigenvalue weighted by Crippen LogP contribution is -2.13. The molecule has 1 fully saturated rings. The zero-order valence-corrected chi connectivity index (χ0v) is 15.5. The molecule has 0 aliphatic carbocycles. The van der Waals surface area contributed by atoms with Crippen LogP contribution in [0.3, 0.4) is 0 Å². The van der Waals surface area contributed by atoms with E-state index in [0.717, 1.165) is 67.9 Å². The van der Waals surface area contributed by atoms with Gasteiger partial charge in [-0.3, -0.25) is 9.97 Å². The second kappa shape index (κ2) is 10.7. The predicted molar refractivity (Wildman–Crippen MR) is 94.0 cm³/mol. The van der Waals surface area contributed by atoms with Crippen molar-refractivity contribution in [1.82, 2.24) is 9.97 Å². The van der Waals surface area contributed by atoms with Crippen LogP contribution in [0.1, 0.15) is 69.2 Å². The number of unbranched alkanes of at least 4 members (excludes halogenated alkanes) is 2. The molecule has 0 amide bonds. The number of aromatic nitrogens is 2. The van der Waals surface area contributed by atoms with Gasteiger partial charge in [0, 0.05) is 6.61 Å². The molecule has 2 heterocycles. The molecule has 1 saturated heterocycles. The van der Waals surface area contributed by atoms with Crippen LogP contribution in [0.2, 0.25) is 0 Å². The van der Waals surface area contributed by atoms with E-state index in [1.54, 1.807) is 0 Å². The molecule has 1 aliphatic heterocycles. The van der Waals surface area contributed by atoms with Crippen LogP contribution in [-0.4, -0.2) is 35.9 Å². The van der Waals surface area contributed by atoms with Crippen LogP contribution in [0.25, 0.3) is 0 Å². The van der Waals surface area contributed by atoms with Crippen molar-refractivity contribution in [2.45, 2.75) is 78.6 Å². The van der Waals surface area contributed by atoms with E-state index in [1.807, 2.05) is 6.92 Å². The van der Waals surface area contributed by atoms with E-state index in [1.165, 1.54) is 0 Å². The summed E-state index contributed by atoms with van der Waals surface area (Å²) in [6.07, 6.45) is 6.74. The van der Waals surface area contributed by atoms with Crippen LogP contribution in [0.5, 0.6) is 0 Å². The number of aryl methyl sites for hydroxylation is 2. The SMILES string of the molecule is CCCCc1nc(COCC2CO2)c(CCCC)nc1COCC. The minimum Gasteiger partial charge on any atom is -0.375 e. The number of nitrogens with zero attached hydrogens (tertiary/aromatic N) is 2. The van der Waals surface area contributed by atoms with Crippen molar-refractivity contribution in [1.29, 1.82) is 0 Å². The first kappa shape index (κ1) is 19.3. The first-order valence-corrected chi connectivity index (χ1v) is 9.43. The molecule has 0 N–H and O–H groups in total.